The van der Waals surface area contributed by atoms with Crippen molar-refractivity contribution in [1.29, 1.82) is 0 Å². The van der Waals surface area contributed by atoms with Gasteiger partial charge in [-0.3, -0.25) is 14.5 Å². The zero-order valence-electron chi connectivity index (χ0n) is 18.0. The fourth-order valence-electron chi connectivity index (χ4n) is 3.57. The molecule has 1 heterocycles. The topological polar surface area (TPSA) is 67.9 Å². The average Bonchev–Trinajstić information content (AvgIpc) is 2.80. The van der Waals surface area contributed by atoms with Crippen LogP contribution in [-0.2, 0) is 16.1 Å². The summed E-state index contributed by atoms with van der Waals surface area (Å²) in [5.74, 6) is 0.757. The molecule has 1 N–H and O–H groups in total. The number of para-hydroxylation sites is 3. The quantitative estimate of drug-likeness (QED) is 0.601. The molecule has 162 valence electrons. The Morgan fingerprint density at radius 2 is 1.84 bits per heavy atom. The van der Waals surface area contributed by atoms with Crippen molar-refractivity contribution in [2.75, 3.05) is 18.6 Å². The van der Waals surface area contributed by atoms with Gasteiger partial charge < -0.3 is 14.8 Å². The lowest BCUT2D eigenvalue weighted by atomic mass is 10.1. The Morgan fingerprint density at radius 3 is 2.66 bits per heavy atom. The number of fused-ring (bicyclic) bond motifs is 1. The first kappa shape index (κ1) is 21.2. The fraction of sp³-hybridized carbons (Fsp3) is 0.154. The molecule has 2 amide bonds. The molecular formula is C26H24N2O4. The van der Waals surface area contributed by atoms with Crippen LogP contribution in [0.5, 0.6) is 11.5 Å². The predicted octanol–water partition coefficient (Wildman–Crippen LogP) is 4.09. The Balaban J connectivity index is 1.55. The summed E-state index contributed by atoms with van der Waals surface area (Å²) >= 11 is 0. The number of benzene rings is 3. The second kappa shape index (κ2) is 9.39. The largest absolute Gasteiger partial charge is 0.496 e. The summed E-state index contributed by atoms with van der Waals surface area (Å²) in [5.41, 5.74) is 3.35. The maximum atomic E-state index is 13.2. The van der Waals surface area contributed by atoms with Crippen LogP contribution in [0.4, 0.5) is 5.69 Å². The van der Waals surface area contributed by atoms with Gasteiger partial charge in [0.25, 0.3) is 5.91 Å². The molecule has 6 heteroatoms. The van der Waals surface area contributed by atoms with Crippen molar-refractivity contribution >= 4 is 23.6 Å². The minimum absolute atomic E-state index is 0.125. The highest BCUT2D eigenvalue weighted by atomic mass is 16.5. The number of carbonyl (C=O) groups is 2. The smallest absolute Gasteiger partial charge is 0.294 e. The first-order valence-electron chi connectivity index (χ1n) is 10.3. The van der Waals surface area contributed by atoms with Gasteiger partial charge in [0.1, 0.15) is 12.3 Å². The minimum atomic E-state index is -0.363. The van der Waals surface area contributed by atoms with E-state index in [1.54, 1.807) is 25.3 Å². The van der Waals surface area contributed by atoms with E-state index in [2.05, 4.69) is 5.32 Å². The van der Waals surface area contributed by atoms with E-state index in [9.17, 15) is 9.59 Å². The zero-order valence-corrected chi connectivity index (χ0v) is 18.0. The third-order valence-electron chi connectivity index (χ3n) is 5.14. The van der Waals surface area contributed by atoms with E-state index in [0.29, 0.717) is 23.7 Å². The van der Waals surface area contributed by atoms with Gasteiger partial charge in [0.15, 0.2) is 11.5 Å². The van der Waals surface area contributed by atoms with Crippen LogP contribution in [-0.4, -0.2) is 25.5 Å². The van der Waals surface area contributed by atoms with E-state index in [-0.39, 0.29) is 24.1 Å². The number of amides is 2. The number of nitrogens with zero attached hydrogens (tertiary/aromatic N) is 1. The van der Waals surface area contributed by atoms with Crippen LogP contribution in [0.15, 0.2) is 78.6 Å². The molecule has 3 aromatic rings. The Hall–Kier alpha value is -4.06. The highest BCUT2D eigenvalue weighted by molar-refractivity contribution is 6.12. The van der Waals surface area contributed by atoms with Crippen LogP contribution in [0.25, 0.3) is 6.08 Å². The number of methoxy groups -OCH3 is 1. The maximum absolute atomic E-state index is 13.2. The van der Waals surface area contributed by atoms with Gasteiger partial charge in [0, 0.05) is 12.1 Å². The molecule has 0 radical (unpaired) electrons. The van der Waals surface area contributed by atoms with Gasteiger partial charge >= 0.3 is 0 Å². The molecule has 4 rings (SSSR count). The Morgan fingerprint density at radius 1 is 1.06 bits per heavy atom. The van der Waals surface area contributed by atoms with Crippen LogP contribution in [0.3, 0.4) is 0 Å². The first-order valence-corrected chi connectivity index (χ1v) is 10.3. The second-order valence-electron chi connectivity index (χ2n) is 7.47. The van der Waals surface area contributed by atoms with E-state index < -0.39 is 0 Å². The summed E-state index contributed by atoms with van der Waals surface area (Å²) in [6.45, 7) is 2.16. The van der Waals surface area contributed by atoms with Gasteiger partial charge in [0.2, 0.25) is 5.91 Å². The summed E-state index contributed by atoms with van der Waals surface area (Å²) in [6, 6.07) is 22.5. The molecule has 0 saturated heterocycles. The molecule has 0 fully saturated rings. The summed E-state index contributed by atoms with van der Waals surface area (Å²) in [5, 5.41) is 2.87. The number of rotatable bonds is 6. The number of anilines is 1. The molecule has 0 unspecified atom stereocenters. The Labute approximate surface area is 187 Å². The van der Waals surface area contributed by atoms with E-state index in [0.717, 1.165) is 16.7 Å². The van der Waals surface area contributed by atoms with Crippen molar-refractivity contribution in [1.82, 2.24) is 5.32 Å². The monoisotopic (exact) mass is 428 g/mol. The van der Waals surface area contributed by atoms with Crippen LogP contribution in [0.1, 0.15) is 16.7 Å². The number of hydrogen-bond acceptors (Lipinski definition) is 4. The summed E-state index contributed by atoms with van der Waals surface area (Å²) in [7, 11) is 1.59. The lowest BCUT2D eigenvalue weighted by Crippen LogP contribution is -2.44. The lowest BCUT2D eigenvalue weighted by molar-refractivity contribution is -0.123. The average molecular weight is 428 g/mol. The van der Waals surface area contributed by atoms with Gasteiger partial charge in [-0.15, -0.1) is 0 Å². The number of nitrogens with one attached hydrogen (secondary N) is 1. The molecule has 1 aliphatic heterocycles. The molecule has 6 nitrogen and oxygen atoms in total. The summed E-state index contributed by atoms with van der Waals surface area (Å²) in [6.07, 6.45) is 1.70. The summed E-state index contributed by atoms with van der Waals surface area (Å²) < 4.78 is 11.2. The lowest BCUT2D eigenvalue weighted by Gasteiger charge is -2.30. The highest BCUT2D eigenvalue weighted by Crippen LogP contribution is 2.35. The van der Waals surface area contributed by atoms with Crippen molar-refractivity contribution in [2.24, 2.45) is 0 Å². The third-order valence-corrected chi connectivity index (χ3v) is 5.14. The third kappa shape index (κ3) is 4.64. The van der Waals surface area contributed by atoms with Gasteiger partial charge in [-0.1, -0.05) is 60.2 Å². The number of ether oxygens (including phenoxy) is 2. The fourth-order valence-corrected chi connectivity index (χ4v) is 3.57. The predicted molar refractivity (Wildman–Crippen MR) is 123 cm³/mol. The van der Waals surface area contributed by atoms with Gasteiger partial charge in [-0.2, -0.15) is 0 Å². The molecule has 0 saturated carbocycles. The first-order chi connectivity index (χ1) is 15.5. The molecule has 0 aromatic heterocycles. The highest BCUT2D eigenvalue weighted by Gasteiger charge is 2.31. The molecule has 1 aliphatic rings. The van der Waals surface area contributed by atoms with Crippen LogP contribution in [0.2, 0.25) is 0 Å². The van der Waals surface area contributed by atoms with Crippen molar-refractivity contribution in [2.45, 2.75) is 13.5 Å². The number of aryl methyl sites for hydroxylation is 1. The number of hydrogen-bond donors (Lipinski definition) is 1. The molecule has 0 aliphatic carbocycles. The SMILES string of the molecule is COc1ccccc1CNC(=O)CN1C(=O)/C(=C\c2cccc(C)c2)Oc2ccccc21. The second-order valence-corrected chi connectivity index (χ2v) is 7.47. The Kier molecular flexibility index (Phi) is 6.22. The van der Waals surface area contributed by atoms with Crippen LogP contribution >= 0.6 is 0 Å². The van der Waals surface area contributed by atoms with Crippen LogP contribution in [0, 0.1) is 6.92 Å². The minimum Gasteiger partial charge on any atom is -0.496 e. The molecular weight excluding hydrogens is 404 g/mol. The molecule has 3 aromatic carbocycles. The van der Waals surface area contributed by atoms with E-state index in [1.807, 2.05) is 67.6 Å². The molecule has 32 heavy (non-hydrogen) atoms. The maximum Gasteiger partial charge on any atom is 0.294 e. The van der Waals surface area contributed by atoms with E-state index in [1.165, 1.54) is 4.90 Å². The van der Waals surface area contributed by atoms with E-state index >= 15 is 0 Å². The zero-order chi connectivity index (χ0) is 22.5. The molecule has 0 atom stereocenters. The number of carbonyl (C=O) groups excluding carboxylic acids is 2. The molecule has 0 spiro atoms. The standard InChI is InChI=1S/C26H24N2O4/c1-18-8-7-9-19(14-18)15-24-26(30)28(21-11-4-6-13-23(21)32-24)17-25(29)27-16-20-10-3-5-12-22(20)31-2/h3-15H,16-17H2,1-2H3,(H,27,29)/b24-15+. The van der Waals surface area contributed by atoms with Gasteiger partial charge in [0.05, 0.1) is 12.8 Å². The van der Waals surface area contributed by atoms with Crippen molar-refractivity contribution in [3.8, 4) is 11.5 Å². The molecule has 0 bridgehead atoms. The van der Waals surface area contributed by atoms with Gasteiger partial charge in [-0.05, 0) is 36.8 Å². The normalized spacial score (nSPS) is 14.0. The van der Waals surface area contributed by atoms with Crippen LogP contribution < -0.4 is 19.7 Å². The Bertz CT molecular complexity index is 1190. The van der Waals surface area contributed by atoms with Crippen molar-refractivity contribution in [3.05, 3.63) is 95.2 Å². The van der Waals surface area contributed by atoms with E-state index in [4.69, 9.17) is 9.47 Å². The van der Waals surface area contributed by atoms with Crippen molar-refractivity contribution in [3.63, 3.8) is 0 Å². The van der Waals surface area contributed by atoms with Crippen molar-refractivity contribution < 1.29 is 19.1 Å². The van der Waals surface area contributed by atoms with Gasteiger partial charge in [-0.25, -0.2) is 0 Å². The summed E-state index contributed by atoms with van der Waals surface area (Å²) in [4.78, 5) is 27.4.